The third-order valence-electron chi connectivity index (χ3n) is 9.97. The molecule has 1 heterocycles. The first-order chi connectivity index (χ1) is 19.7. The van der Waals surface area contributed by atoms with Crippen LogP contribution in [0.5, 0.6) is 0 Å². The summed E-state index contributed by atoms with van der Waals surface area (Å²) < 4.78 is 6.37. The van der Waals surface area contributed by atoms with Crippen molar-refractivity contribution < 1.29 is 19.1 Å². The van der Waals surface area contributed by atoms with Gasteiger partial charge in [0.1, 0.15) is 23.5 Å². The van der Waals surface area contributed by atoms with Gasteiger partial charge in [-0.1, -0.05) is 37.1 Å². The summed E-state index contributed by atoms with van der Waals surface area (Å²) in [6.07, 6.45) is 9.75. The molecule has 3 amide bonds. The van der Waals surface area contributed by atoms with Crippen LogP contribution in [0.3, 0.4) is 0 Å². The number of carbonyl (C=O) groups is 3. The van der Waals surface area contributed by atoms with Crippen LogP contribution in [0.1, 0.15) is 75.8 Å². The number of ether oxygens (including phenoxy) is 1. The monoisotopic (exact) mass is 566 g/mol. The highest BCUT2D eigenvalue weighted by molar-refractivity contribution is 5.97. The molecule has 3 saturated carbocycles. The topological polar surface area (TPSA) is 150 Å². The second kappa shape index (κ2) is 12.1. The Labute approximate surface area is 243 Å². The molecule has 10 heteroatoms. The Balaban J connectivity index is 1.34. The van der Waals surface area contributed by atoms with E-state index in [4.69, 9.17) is 15.9 Å². The second-order valence-corrected chi connectivity index (χ2v) is 12.6. The van der Waals surface area contributed by atoms with E-state index in [-0.39, 0.29) is 41.5 Å². The second-order valence-electron chi connectivity index (χ2n) is 12.6. The number of nitrogens with one attached hydrogen (secondary N) is 4. The molecule has 5 rings (SSSR count). The lowest BCUT2D eigenvalue weighted by Crippen LogP contribution is -2.58. The van der Waals surface area contributed by atoms with Gasteiger partial charge < -0.3 is 31.3 Å². The van der Waals surface area contributed by atoms with Crippen LogP contribution in [0.15, 0.2) is 24.3 Å². The molecule has 5 atom stereocenters. The molecule has 0 bridgehead atoms. The molecule has 5 unspecified atom stereocenters. The highest BCUT2D eigenvalue weighted by atomic mass is 16.5. The number of hydrogen-bond acceptors (Lipinski definition) is 6. The number of amides is 3. The Hall–Kier alpha value is -2.98. The highest BCUT2D eigenvalue weighted by Gasteiger charge is 2.78. The van der Waals surface area contributed by atoms with Gasteiger partial charge in [0.05, 0.1) is 12.7 Å². The van der Waals surface area contributed by atoms with Gasteiger partial charge >= 0.3 is 0 Å². The third-order valence-corrected chi connectivity index (χ3v) is 9.97. The van der Waals surface area contributed by atoms with Crippen LogP contribution in [0, 0.1) is 16.7 Å². The standard InChI is InChI=1S/C31H46N6O4/c1-20-27(38)36-24(18-21-9-11-23(12-10-21)26(32)33)28(39)34-15-5-7-22-6-3-4-8-25(22)41-17-16-35-31(29(40)37(20)2)19-30(31)13-14-30/h9-12,20,22,24-25,35H,3-8,13-19H2,1-2H3,(H3,32,33)(H,34,39)(H,36,38). The average Bonchev–Trinajstić information content (AvgIpc) is 3.89. The Morgan fingerprint density at radius 2 is 1.76 bits per heavy atom. The van der Waals surface area contributed by atoms with Gasteiger partial charge in [0, 0.05) is 32.1 Å². The number of nitrogens with two attached hydrogens (primary N) is 1. The summed E-state index contributed by atoms with van der Waals surface area (Å²) in [5, 5.41) is 17.2. The lowest BCUT2D eigenvalue weighted by molar-refractivity contribution is -0.142. The number of benzene rings is 1. The third kappa shape index (κ3) is 6.28. The summed E-state index contributed by atoms with van der Waals surface area (Å²) in [5.41, 5.74) is 6.41. The van der Waals surface area contributed by atoms with E-state index in [0.717, 1.165) is 50.5 Å². The van der Waals surface area contributed by atoms with Crippen molar-refractivity contribution in [3.8, 4) is 0 Å². The number of carbonyl (C=O) groups excluding carboxylic acids is 3. The van der Waals surface area contributed by atoms with E-state index >= 15 is 0 Å². The van der Waals surface area contributed by atoms with Crippen molar-refractivity contribution in [2.75, 3.05) is 26.7 Å². The first-order valence-electron chi connectivity index (χ1n) is 15.3. The van der Waals surface area contributed by atoms with Crippen molar-refractivity contribution in [2.45, 2.75) is 94.9 Å². The molecule has 10 nitrogen and oxygen atoms in total. The fraction of sp³-hybridized carbons (Fsp3) is 0.677. The SMILES string of the molecule is CC1C(=O)NC(Cc2ccc(C(=N)N)cc2)C(=O)NCCCC2CCCCC2OCCNC2(CC23CC3)C(=O)N1C. The first-order valence-corrected chi connectivity index (χ1v) is 15.3. The minimum absolute atomic E-state index is 0.0111. The molecule has 41 heavy (non-hydrogen) atoms. The van der Waals surface area contributed by atoms with Crippen LogP contribution in [-0.2, 0) is 25.5 Å². The van der Waals surface area contributed by atoms with Crippen molar-refractivity contribution >= 4 is 23.6 Å². The van der Waals surface area contributed by atoms with E-state index in [1.165, 1.54) is 17.7 Å². The minimum Gasteiger partial charge on any atom is -0.384 e. The maximum absolute atomic E-state index is 13.8. The van der Waals surface area contributed by atoms with Gasteiger partial charge in [0.25, 0.3) is 0 Å². The minimum atomic E-state index is -0.802. The van der Waals surface area contributed by atoms with Crippen LogP contribution in [0.2, 0.25) is 0 Å². The van der Waals surface area contributed by atoms with Crippen LogP contribution in [-0.4, -0.2) is 78.9 Å². The number of amidine groups is 1. The Bertz CT molecular complexity index is 1150. The molecular formula is C31H46N6O4. The first kappa shape index (κ1) is 29.5. The fourth-order valence-corrected chi connectivity index (χ4v) is 6.95. The lowest BCUT2D eigenvalue weighted by Gasteiger charge is -2.33. The van der Waals surface area contributed by atoms with Crippen molar-refractivity contribution in [3.63, 3.8) is 0 Å². The van der Waals surface area contributed by atoms with E-state index in [1.807, 2.05) is 12.1 Å². The number of hydrogen-bond donors (Lipinski definition) is 5. The Morgan fingerprint density at radius 1 is 1.05 bits per heavy atom. The average molecular weight is 567 g/mol. The Morgan fingerprint density at radius 3 is 2.44 bits per heavy atom. The summed E-state index contributed by atoms with van der Waals surface area (Å²) in [7, 11) is 1.68. The molecule has 2 spiro atoms. The van der Waals surface area contributed by atoms with Gasteiger partial charge in [-0.05, 0) is 68.8 Å². The van der Waals surface area contributed by atoms with Gasteiger partial charge in [-0.15, -0.1) is 0 Å². The van der Waals surface area contributed by atoms with Crippen molar-refractivity contribution in [2.24, 2.45) is 17.1 Å². The molecule has 0 aromatic heterocycles. The van der Waals surface area contributed by atoms with Crippen molar-refractivity contribution in [1.82, 2.24) is 20.9 Å². The molecule has 1 saturated heterocycles. The predicted octanol–water partition coefficient (Wildman–Crippen LogP) is 1.84. The van der Waals surface area contributed by atoms with E-state index < -0.39 is 17.6 Å². The van der Waals surface area contributed by atoms with Gasteiger partial charge in [-0.2, -0.15) is 0 Å². The number of likely N-dealkylation sites (N-methyl/N-ethyl adjacent to an activating group) is 1. The normalized spacial score (nSPS) is 32.8. The summed E-state index contributed by atoms with van der Waals surface area (Å²) in [4.78, 5) is 42.2. The molecule has 1 aromatic rings. The smallest absolute Gasteiger partial charge is 0.243 e. The van der Waals surface area contributed by atoms with Crippen LogP contribution >= 0.6 is 0 Å². The number of fused-ring (bicyclic) bond motifs is 2. The van der Waals surface area contributed by atoms with Gasteiger partial charge in [0.2, 0.25) is 17.7 Å². The number of nitrogen functional groups attached to an aromatic ring is 1. The molecule has 224 valence electrons. The summed E-state index contributed by atoms with van der Waals surface area (Å²) in [5.74, 6) is -0.230. The maximum atomic E-state index is 13.8. The van der Waals surface area contributed by atoms with Crippen LogP contribution < -0.4 is 21.7 Å². The van der Waals surface area contributed by atoms with E-state index in [2.05, 4.69) is 16.0 Å². The fourth-order valence-electron chi connectivity index (χ4n) is 6.95. The predicted molar refractivity (Wildman–Crippen MR) is 156 cm³/mol. The van der Waals surface area contributed by atoms with Crippen molar-refractivity contribution in [3.05, 3.63) is 35.4 Å². The van der Waals surface area contributed by atoms with Crippen LogP contribution in [0.25, 0.3) is 0 Å². The summed E-state index contributed by atoms with van der Waals surface area (Å²) in [6, 6.07) is 5.58. The molecule has 1 aliphatic heterocycles. The zero-order valence-electron chi connectivity index (χ0n) is 24.5. The van der Waals surface area contributed by atoms with E-state index in [0.29, 0.717) is 31.2 Å². The van der Waals surface area contributed by atoms with Gasteiger partial charge in [-0.25, -0.2) is 0 Å². The summed E-state index contributed by atoms with van der Waals surface area (Å²) >= 11 is 0. The van der Waals surface area contributed by atoms with E-state index in [9.17, 15) is 14.4 Å². The lowest BCUT2D eigenvalue weighted by atomic mass is 9.83. The van der Waals surface area contributed by atoms with Gasteiger partial charge in [0.15, 0.2) is 0 Å². The highest BCUT2D eigenvalue weighted by Crippen LogP contribution is 2.73. The molecule has 3 aliphatic carbocycles. The maximum Gasteiger partial charge on any atom is 0.243 e. The molecule has 0 radical (unpaired) electrons. The molecule has 4 fully saturated rings. The number of rotatable bonds is 3. The van der Waals surface area contributed by atoms with Gasteiger partial charge in [-0.3, -0.25) is 19.8 Å². The molecular weight excluding hydrogens is 520 g/mol. The summed E-state index contributed by atoms with van der Waals surface area (Å²) in [6.45, 7) is 3.42. The molecule has 6 N–H and O–H groups in total. The van der Waals surface area contributed by atoms with E-state index in [1.54, 1.807) is 26.1 Å². The quantitative estimate of drug-likeness (QED) is 0.278. The largest absolute Gasteiger partial charge is 0.384 e. The van der Waals surface area contributed by atoms with Crippen LogP contribution in [0.4, 0.5) is 0 Å². The zero-order valence-corrected chi connectivity index (χ0v) is 24.5. The number of nitrogens with zero attached hydrogens (tertiary/aromatic N) is 1. The Kier molecular flexibility index (Phi) is 8.70. The zero-order chi connectivity index (χ0) is 29.2. The van der Waals surface area contributed by atoms with Crippen molar-refractivity contribution in [1.29, 1.82) is 5.41 Å². The molecule has 4 aliphatic rings. The molecule has 1 aromatic carbocycles.